The zero-order valence-electron chi connectivity index (χ0n) is 11.2. The standard InChI is InChI=1S/C16H14FN3/c1-20-16(8-15(19-20)10-2-3-10)12-4-5-14(17)13-9-18-7-6-11(12)13/h4-10H,2-3H2,1H3. The summed E-state index contributed by atoms with van der Waals surface area (Å²) in [5.74, 6) is 0.379. The van der Waals surface area contributed by atoms with E-state index in [0.717, 1.165) is 22.3 Å². The van der Waals surface area contributed by atoms with Crippen molar-refractivity contribution >= 4 is 10.8 Å². The number of hydrogen-bond donors (Lipinski definition) is 0. The molecule has 1 saturated carbocycles. The Morgan fingerprint density at radius 1 is 1.20 bits per heavy atom. The van der Waals surface area contributed by atoms with Crippen molar-refractivity contribution in [1.82, 2.24) is 14.8 Å². The Labute approximate surface area is 116 Å². The summed E-state index contributed by atoms with van der Waals surface area (Å²) >= 11 is 0. The SMILES string of the molecule is Cn1nc(C2CC2)cc1-c1ccc(F)c2cnccc12. The van der Waals surface area contributed by atoms with Crippen LogP contribution in [0.3, 0.4) is 0 Å². The number of fused-ring (bicyclic) bond motifs is 1. The molecule has 2 aromatic heterocycles. The van der Waals surface area contributed by atoms with Crippen molar-refractivity contribution in [3.8, 4) is 11.3 Å². The fraction of sp³-hybridized carbons (Fsp3) is 0.250. The quantitative estimate of drug-likeness (QED) is 0.709. The molecular weight excluding hydrogens is 253 g/mol. The molecule has 0 aliphatic heterocycles. The second kappa shape index (κ2) is 4.13. The number of rotatable bonds is 2. The average molecular weight is 267 g/mol. The molecule has 1 aromatic carbocycles. The first kappa shape index (κ1) is 11.6. The molecule has 0 unspecified atom stereocenters. The zero-order chi connectivity index (χ0) is 13.7. The van der Waals surface area contributed by atoms with Gasteiger partial charge in [0, 0.05) is 36.3 Å². The van der Waals surface area contributed by atoms with Crippen molar-refractivity contribution < 1.29 is 4.39 Å². The second-order valence-electron chi connectivity index (χ2n) is 5.37. The van der Waals surface area contributed by atoms with Crippen molar-refractivity contribution in [2.24, 2.45) is 7.05 Å². The van der Waals surface area contributed by atoms with Crippen molar-refractivity contribution in [2.45, 2.75) is 18.8 Å². The van der Waals surface area contributed by atoms with Crippen LogP contribution in [0.15, 0.2) is 36.7 Å². The first-order valence-electron chi connectivity index (χ1n) is 6.80. The van der Waals surface area contributed by atoms with Crippen molar-refractivity contribution in [3.63, 3.8) is 0 Å². The van der Waals surface area contributed by atoms with Gasteiger partial charge in [-0.05, 0) is 42.5 Å². The predicted molar refractivity (Wildman–Crippen MR) is 75.9 cm³/mol. The summed E-state index contributed by atoms with van der Waals surface area (Å²) in [5.41, 5.74) is 3.18. The lowest BCUT2D eigenvalue weighted by molar-refractivity contribution is 0.639. The highest BCUT2D eigenvalue weighted by atomic mass is 19.1. The van der Waals surface area contributed by atoms with Gasteiger partial charge in [-0.2, -0.15) is 5.10 Å². The van der Waals surface area contributed by atoms with Crippen LogP contribution in [0.4, 0.5) is 4.39 Å². The van der Waals surface area contributed by atoms with Gasteiger partial charge in [-0.3, -0.25) is 9.67 Å². The van der Waals surface area contributed by atoms with Gasteiger partial charge in [0.2, 0.25) is 0 Å². The van der Waals surface area contributed by atoms with Gasteiger partial charge in [-0.1, -0.05) is 0 Å². The maximum atomic E-state index is 13.9. The topological polar surface area (TPSA) is 30.7 Å². The first-order chi connectivity index (χ1) is 9.74. The molecule has 100 valence electrons. The largest absolute Gasteiger partial charge is 0.268 e. The molecule has 0 N–H and O–H groups in total. The number of hydrogen-bond acceptors (Lipinski definition) is 2. The van der Waals surface area contributed by atoms with Crippen molar-refractivity contribution in [1.29, 1.82) is 0 Å². The lowest BCUT2D eigenvalue weighted by Gasteiger charge is -2.07. The highest BCUT2D eigenvalue weighted by molar-refractivity contribution is 5.95. The van der Waals surface area contributed by atoms with Crippen LogP contribution in [-0.4, -0.2) is 14.8 Å². The fourth-order valence-corrected chi connectivity index (χ4v) is 2.70. The Bertz CT molecular complexity index is 803. The monoisotopic (exact) mass is 267 g/mol. The lowest BCUT2D eigenvalue weighted by atomic mass is 10.0. The molecule has 1 aliphatic rings. The molecule has 0 bridgehead atoms. The number of benzene rings is 1. The number of aromatic nitrogens is 3. The second-order valence-corrected chi connectivity index (χ2v) is 5.37. The molecule has 20 heavy (non-hydrogen) atoms. The van der Waals surface area contributed by atoms with Gasteiger partial charge in [-0.25, -0.2) is 4.39 Å². The van der Waals surface area contributed by atoms with E-state index < -0.39 is 0 Å². The van der Waals surface area contributed by atoms with E-state index in [4.69, 9.17) is 0 Å². The van der Waals surface area contributed by atoms with Gasteiger partial charge in [0.05, 0.1) is 11.4 Å². The van der Waals surface area contributed by atoms with Gasteiger partial charge in [0.25, 0.3) is 0 Å². The van der Waals surface area contributed by atoms with Crippen LogP contribution >= 0.6 is 0 Å². The summed E-state index contributed by atoms with van der Waals surface area (Å²) in [4.78, 5) is 4.01. The van der Waals surface area contributed by atoms with E-state index in [1.807, 2.05) is 23.9 Å². The van der Waals surface area contributed by atoms with Gasteiger partial charge in [0.1, 0.15) is 5.82 Å². The van der Waals surface area contributed by atoms with Gasteiger partial charge in [0.15, 0.2) is 0 Å². The van der Waals surface area contributed by atoms with E-state index in [1.165, 1.54) is 18.9 Å². The normalized spacial score (nSPS) is 14.9. The van der Waals surface area contributed by atoms with Crippen LogP contribution in [0.5, 0.6) is 0 Å². The fourth-order valence-electron chi connectivity index (χ4n) is 2.70. The molecule has 0 spiro atoms. The van der Waals surface area contributed by atoms with Crippen LogP contribution in [-0.2, 0) is 7.05 Å². The average Bonchev–Trinajstić information content (AvgIpc) is 3.24. The Morgan fingerprint density at radius 2 is 2.05 bits per heavy atom. The van der Waals surface area contributed by atoms with Crippen LogP contribution in [0, 0.1) is 5.82 Å². The smallest absolute Gasteiger partial charge is 0.132 e. The summed E-state index contributed by atoms with van der Waals surface area (Å²) in [7, 11) is 1.94. The summed E-state index contributed by atoms with van der Waals surface area (Å²) in [6.45, 7) is 0. The number of pyridine rings is 1. The van der Waals surface area contributed by atoms with Crippen LogP contribution in [0.25, 0.3) is 22.0 Å². The molecular formula is C16H14FN3. The van der Waals surface area contributed by atoms with Gasteiger partial charge >= 0.3 is 0 Å². The Morgan fingerprint density at radius 3 is 2.85 bits per heavy atom. The molecule has 2 heterocycles. The minimum absolute atomic E-state index is 0.235. The lowest BCUT2D eigenvalue weighted by Crippen LogP contribution is -1.95. The molecule has 1 aliphatic carbocycles. The number of halogens is 1. The van der Waals surface area contributed by atoms with E-state index in [-0.39, 0.29) is 5.82 Å². The Balaban J connectivity index is 1.96. The van der Waals surface area contributed by atoms with E-state index >= 15 is 0 Å². The first-order valence-corrected chi connectivity index (χ1v) is 6.80. The van der Waals surface area contributed by atoms with Crippen LogP contribution < -0.4 is 0 Å². The summed E-state index contributed by atoms with van der Waals surface area (Å²) in [5, 5.41) is 6.02. The molecule has 3 nitrogen and oxygen atoms in total. The van der Waals surface area contributed by atoms with Crippen molar-refractivity contribution in [3.05, 3.63) is 48.2 Å². The van der Waals surface area contributed by atoms with Gasteiger partial charge in [-0.15, -0.1) is 0 Å². The molecule has 4 rings (SSSR count). The summed E-state index contributed by atoms with van der Waals surface area (Å²) in [6.07, 6.45) is 5.73. The zero-order valence-corrected chi connectivity index (χ0v) is 11.2. The number of nitrogens with zero attached hydrogens (tertiary/aromatic N) is 3. The molecule has 0 atom stereocenters. The van der Waals surface area contributed by atoms with Gasteiger partial charge < -0.3 is 0 Å². The molecule has 0 saturated heterocycles. The molecule has 3 aromatic rings. The predicted octanol–water partition coefficient (Wildman–Crippen LogP) is 3.65. The summed E-state index contributed by atoms with van der Waals surface area (Å²) in [6, 6.07) is 7.32. The van der Waals surface area contributed by atoms with Crippen LogP contribution in [0.2, 0.25) is 0 Å². The third kappa shape index (κ3) is 1.72. The van der Waals surface area contributed by atoms with E-state index in [2.05, 4.69) is 16.1 Å². The third-order valence-electron chi connectivity index (χ3n) is 3.94. The molecule has 4 heteroatoms. The minimum Gasteiger partial charge on any atom is -0.268 e. The maximum Gasteiger partial charge on any atom is 0.132 e. The Hall–Kier alpha value is -2.23. The maximum absolute atomic E-state index is 13.9. The third-order valence-corrected chi connectivity index (χ3v) is 3.94. The highest BCUT2D eigenvalue weighted by Gasteiger charge is 2.27. The number of aryl methyl sites for hydroxylation is 1. The van der Waals surface area contributed by atoms with E-state index in [0.29, 0.717) is 11.3 Å². The molecule has 0 amide bonds. The molecule has 0 radical (unpaired) electrons. The van der Waals surface area contributed by atoms with Crippen LogP contribution in [0.1, 0.15) is 24.5 Å². The minimum atomic E-state index is -0.235. The van der Waals surface area contributed by atoms with E-state index in [9.17, 15) is 4.39 Å². The Kier molecular flexibility index (Phi) is 2.39. The highest BCUT2D eigenvalue weighted by Crippen LogP contribution is 2.41. The van der Waals surface area contributed by atoms with Crippen molar-refractivity contribution in [2.75, 3.05) is 0 Å². The molecule has 1 fully saturated rings. The van der Waals surface area contributed by atoms with E-state index in [1.54, 1.807) is 12.4 Å². The summed E-state index contributed by atoms with van der Waals surface area (Å²) < 4.78 is 15.8.